The third-order valence-corrected chi connectivity index (χ3v) is 1.43. The fourth-order valence-corrected chi connectivity index (χ4v) is 0.756. The molecule has 0 bridgehead atoms. The molecule has 17 heavy (non-hydrogen) atoms. The molecule has 0 spiro atoms. The number of carboxylic acids is 1. The van der Waals surface area contributed by atoms with E-state index in [1.807, 2.05) is 9.97 Å². The third kappa shape index (κ3) is 5.28. The number of nitrogens with one attached hydrogen (secondary N) is 2. The number of aliphatic hydroxyl groups excluding tert-OH is 1. The molecule has 0 amide bonds. The number of rotatable bonds is 3. The maximum atomic E-state index is 10.8. The molecule has 1 aromatic heterocycles. The molecule has 9 nitrogen and oxygen atoms in total. The van der Waals surface area contributed by atoms with E-state index in [1.165, 1.54) is 0 Å². The van der Waals surface area contributed by atoms with Gasteiger partial charge in [0.25, 0.3) is 0 Å². The molecule has 0 aliphatic carbocycles. The van der Waals surface area contributed by atoms with Crippen LogP contribution in [0.15, 0.2) is 27.0 Å². The van der Waals surface area contributed by atoms with Crippen molar-refractivity contribution in [1.82, 2.24) is 14.5 Å². The van der Waals surface area contributed by atoms with Crippen LogP contribution in [0, 0.1) is 0 Å². The lowest BCUT2D eigenvalue weighted by Gasteiger charge is -1.97. The van der Waals surface area contributed by atoms with Gasteiger partial charge in [-0.25, -0.2) is 23.7 Å². The summed E-state index contributed by atoms with van der Waals surface area (Å²) in [7, 11) is 0. The number of H-pyrrole nitrogens is 2. The number of aliphatic hydroxyl groups is 1. The Morgan fingerprint density at radius 2 is 1.71 bits per heavy atom. The largest absolute Gasteiger partial charge is 0.478 e. The molecule has 0 aliphatic heterocycles. The highest BCUT2D eigenvalue weighted by Gasteiger charge is 1.99. The fraction of sp³-hybridized carbons (Fsp3) is 0.250. The van der Waals surface area contributed by atoms with Crippen LogP contribution in [0.2, 0.25) is 0 Å². The molecule has 4 N–H and O–H groups in total. The molecule has 1 heterocycles. The van der Waals surface area contributed by atoms with Crippen LogP contribution in [0.25, 0.3) is 0 Å². The summed E-state index contributed by atoms with van der Waals surface area (Å²) in [6, 6.07) is 0. The van der Waals surface area contributed by atoms with Crippen LogP contribution >= 0.6 is 0 Å². The summed E-state index contributed by atoms with van der Waals surface area (Å²) in [4.78, 5) is 45.1. The normalized spacial score (nSPS) is 9.00. The highest BCUT2D eigenvalue weighted by Crippen LogP contribution is 1.63. The molecule has 0 aromatic carbocycles. The summed E-state index contributed by atoms with van der Waals surface area (Å²) in [5.74, 6) is -0.981. The first kappa shape index (κ1) is 14.6. The molecule has 0 saturated carbocycles. The van der Waals surface area contributed by atoms with Crippen molar-refractivity contribution < 1.29 is 15.0 Å². The Kier molecular flexibility index (Phi) is 5.96. The van der Waals surface area contributed by atoms with Gasteiger partial charge >= 0.3 is 23.0 Å². The second-order valence-corrected chi connectivity index (χ2v) is 2.61. The molecule has 1 aromatic rings. The second kappa shape index (κ2) is 6.95. The van der Waals surface area contributed by atoms with Crippen molar-refractivity contribution in [2.24, 2.45) is 0 Å². The monoisotopic (exact) mass is 245 g/mol. The predicted molar refractivity (Wildman–Crippen MR) is 56.9 cm³/mol. The van der Waals surface area contributed by atoms with Crippen molar-refractivity contribution in [2.75, 3.05) is 6.61 Å². The molecule has 1 rings (SSSR count). The zero-order chi connectivity index (χ0) is 13.4. The number of hydrogen-bond acceptors (Lipinski definition) is 5. The minimum absolute atomic E-state index is 0.134. The second-order valence-electron chi connectivity index (χ2n) is 2.61. The molecule has 0 atom stereocenters. The van der Waals surface area contributed by atoms with Gasteiger partial charge in [-0.2, -0.15) is 0 Å². The van der Waals surface area contributed by atoms with Gasteiger partial charge in [-0.3, -0.25) is 9.97 Å². The van der Waals surface area contributed by atoms with Crippen LogP contribution in [-0.2, 0) is 11.3 Å². The quantitative estimate of drug-likeness (QED) is 0.432. The molecular weight excluding hydrogens is 234 g/mol. The van der Waals surface area contributed by atoms with Crippen LogP contribution in [0.4, 0.5) is 0 Å². The van der Waals surface area contributed by atoms with Crippen molar-refractivity contribution in [1.29, 1.82) is 0 Å². The lowest BCUT2D eigenvalue weighted by Crippen LogP contribution is -2.43. The first-order chi connectivity index (χ1) is 7.92. The lowest BCUT2D eigenvalue weighted by atomic mass is 10.7. The number of nitrogens with zero attached hydrogens (tertiary/aromatic N) is 1. The van der Waals surface area contributed by atoms with Gasteiger partial charge in [-0.15, -0.1) is 0 Å². The number of carbonyl (C=O) groups is 1. The van der Waals surface area contributed by atoms with E-state index >= 15 is 0 Å². The van der Waals surface area contributed by atoms with E-state index in [2.05, 4.69) is 6.58 Å². The third-order valence-electron chi connectivity index (χ3n) is 1.43. The number of aromatic nitrogens is 3. The minimum Gasteiger partial charge on any atom is -0.478 e. The standard InChI is InChI=1S/C5H7N3O4.C3H4O2/c9-2-1-8-4(11)6-3(10)7-5(8)12;1-2-3(4)5/h9H,1-2H2,(H2,6,7,10,11,12);2H,1H2,(H,4,5). The van der Waals surface area contributed by atoms with E-state index in [0.29, 0.717) is 4.57 Å². The van der Waals surface area contributed by atoms with Crippen molar-refractivity contribution in [3.8, 4) is 0 Å². The summed E-state index contributed by atoms with van der Waals surface area (Å²) < 4.78 is 0.696. The van der Waals surface area contributed by atoms with Crippen molar-refractivity contribution in [2.45, 2.75) is 6.54 Å². The summed E-state index contributed by atoms with van der Waals surface area (Å²) in [6.45, 7) is 2.49. The zero-order valence-corrected chi connectivity index (χ0v) is 8.67. The fourth-order valence-electron chi connectivity index (χ4n) is 0.756. The first-order valence-corrected chi connectivity index (χ1v) is 4.32. The van der Waals surface area contributed by atoms with Crippen molar-refractivity contribution in [3.05, 3.63) is 44.1 Å². The Labute approximate surface area is 93.7 Å². The molecule has 0 unspecified atom stereocenters. The van der Waals surface area contributed by atoms with E-state index < -0.39 is 23.0 Å². The van der Waals surface area contributed by atoms with E-state index in [1.54, 1.807) is 0 Å². The van der Waals surface area contributed by atoms with Gasteiger partial charge < -0.3 is 10.2 Å². The molecule has 94 valence electrons. The number of hydrogen-bond donors (Lipinski definition) is 4. The average molecular weight is 245 g/mol. The van der Waals surface area contributed by atoms with E-state index in [4.69, 9.17) is 10.2 Å². The van der Waals surface area contributed by atoms with E-state index in [0.717, 1.165) is 6.08 Å². The lowest BCUT2D eigenvalue weighted by molar-refractivity contribution is -0.131. The average Bonchev–Trinajstić information content (AvgIpc) is 2.24. The van der Waals surface area contributed by atoms with Gasteiger partial charge in [0.05, 0.1) is 13.2 Å². The highest BCUT2D eigenvalue weighted by atomic mass is 16.4. The Morgan fingerprint density at radius 1 is 1.29 bits per heavy atom. The summed E-state index contributed by atoms with van der Waals surface area (Å²) >= 11 is 0. The molecule has 0 fully saturated rings. The van der Waals surface area contributed by atoms with Crippen LogP contribution in [0.3, 0.4) is 0 Å². The van der Waals surface area contributed by atoms with Gasteiger partial charge in [-0.1, -0.05) is 6.58 Å². The minimum atomic E-state index is -0.981. The topological polar surface area (TPSA) is 145 Å². The first-order valence-electron chi connectivity index (χ1n) is 4.32. The summed E-state index contributed by atoms with van der Waals surface area (Å²) in [6.07, 6.45) is 0.833. The number of aliphatic carboxylic acids is 1. The van der Waals surface area contributed by atoms with Crippen LogP contribution in [0.5, 0.6) is 0 Å². The van der Waals surface area contributed by atoms with Crippen molar-refractivity contribution >= 4 is 5.97 Å². The van der Waals surface area contributed by atoms with Gasteiger partial charge in [0, 0.05) is 6.08 Å². The smallest absolute Gasteiger partial charge is 0.333 e. The Balaban J connectivity index is 0.000000437. The highest BCUT2D eigenvalue weighted by molar-refractivity contribution is 5.78. The van der Waals surface area contributed by atoms with Gasteiger partial charge in [0.1, 0.15) is 0 Å². The summed E-state index contributed by atoms with van der Waals surface area (Å²) in [5.41, 5.74) is -2.49. The van der Waals surface area contributed by atoms with Crippen LogP contribution in [-0.4, -0.2) is 37.3 Å². The molecule has 0 radical (unpaired) electrons. The number of carboxylic acid groups (broad SMARTS) is 1. The summed E-state index contributed by atoms with van der Waals surface area (Å²) in [5, 5.41) is 16.0. The van der Waals surface area contributed by atoms with Gasteiger partial charge in [0.2, 0.25) is 0 Å². The zero-order valence-electron chi connectivity index (χ0n) is 8.67. The molecular formula is C8H11N3O6. The molecule has 0 saturated heterocycles. The molecule has 9 heteroatoms. The van der Waals surface area contributed by atoms with Crippen molar-refractivity contribution in [3.63, 3.8) is 0 Å². The maximum Gasteiger partial charge on any atom is 0.333 e. The van der Waals surface area contributed by atoms with E-state index in [-0.39, 0.29) is 13.2 Å². The van der Waals surface area contributed by atoms with Crippen LogP contribution in [0.1, 0.15) is 0 Å². The number of aromatic amines is 2. The van der Waals surface area contributed by atoms with Crippen LogP contribution < -0.4 is 17.1 Å². The SMILES string of the molecule is C=CC(=O)O.O=c1[nH]c(=O)n(CCO)c(=O)[nH]1. The maximum absolute atomic E-state index is 10.8. The Hall–Kier alpha value is -2.42. The van der Waals surface area contributed by atoms with Gasteiger partial charge in [-0.05, 0) is 0 Å². The van der Waals surface area contributed by atoms with Gasteiger partial charge in [0.15, 0.2) is 0 Å². The van der Waals surface area contributed by atoms with E-state index in [9.17, 15) is 19.2 Å². The Bertz CT molecular complexity index is 517. The molecule has 0 aliphatic rings. The Morgan fingerprint density at radius 3 is 2.00 bits per heavy atom. The predicted octanol–water partition coefficient (Wildman–Crippen LogP) is -2.53.